The fourth-order valence-corrected chi connectivity index (χ4v) is 3.32. The molecule has 3 rings (SSSR count). The zero-order chi connectivity index (χ0) is 21.8. The zero-order valence-electron chi connectivity index (χ0n) is 16.8. The highest BCUT2D eigenvalue weighted by molar-refractivity contribution is 6.36. The van der Waals surface area contributed by atoms with Gasteiger partial charge in [-0.15, -0.1) is 0 Å². The van der Waals surface area contributed by atoms with E-state index in [9.17, 15) is 9.18 Å². The van der Waals surface area contributed by atoms with Gasteiger partial charge in [0, 0.05) is 49.1 Å². The van der Waals surface area contributed by atoms with Crippen LogP contribution in [0.5, 0.6) is 5.75 Å². The fraction of sp³-hybridized carbons (Fsp3) is 0.286. The van der Waals surface area contributed by atoms with Crippen LogP contribution in [0.4, 0.5) is 4.39 Å². The predicted octanol–water partition coefficient (Wildman–Crippen LogP) is 4.41. The van der Waals surface area contributed by atoms with Gasteiger partial charge in [-0.25, -0.2) is 4.39 Å². The number of aromatic nitrogens is 3. The number of hydrogen-bond acceptors (Lipinski definition) is 4. The van der Waals surface area contributed by atoms with Gasteiger partial charge in [-0.3, -0.25) is 14.5 Å². The van der Waals surface area contributed by atoms with Crippen molar-refractivity contribution < 1.29 is 13.9 Å². The van der Waals surface area contributed by atoms with Gasteiger partial charge >= 0.3 is 0 Å². The Labute approximate surface area is 184 Å². The summed E-state index contributed by atoms with van der Waals surface area (Å²) in [6.45, 7) is 2.25. The van der Waals surface area contributed by atoms with Crippen LogP contribution in [-0.4, -0.2) is 46.3 Å². The van der Waals surface area contributed by atoms with E-state index in [1.54, 1.807) is 37.4 Å². The molecule has 0 unspecified atom stereocenters. The molecular weight excluding hydrogens is 430 g/mol. The maximum Gasteiger partial charge on any atom is 0.243 e. The standard InChI is InChI=1S/C21H21Cl2FN4O2/c1-13-19(30-7-6-16-17(22)4-5-18(24)21(16)23)8-14(9-25-13)15-10-26-28(11-15)12-20(29)27(2)3/h4-5,8-11H,6-7,12H2,1-3H3. The second kappa shape index (κ2) is 9.45. The molecule has 0 saturated heterocycles. The number of pyridine rings is 1. The Morgan fingerprint density at radius 2 is 2.00 bits per heavy atom. The van der Waals surface area contributed by atoms with Crippen LogP contribution in [0.25, 0.3) is 11.1 Å². The number of halogens is 3. The van der Waals surface area contributed by atoms with Gasteiger partial charge in [-0.2, -0.15) is 5.10 Å². The lowest BCUT2D eigenvalue weighted by Crippen LogP contribution is -2.26. The van der Waals surface area contributed by atoms with Gasteiger partial charge in [0.25, 0.3) is 0 Å². The second-order valence-electron chi connectivity index (χ2n) is 6.94. The molecule has 158 valence electrons. The van der Waals surface area contributed by atoms with Crippen molar-refractivity contribution in [2.45, 2.75) is 19.9 Å². The molecule has 0 atom stereocenters. The van der Waals surface area contributed by atoms with Crippen LogP contribution >= 0.6 is 23.2 Å². The molecule has 6 nitrogen and oxygen atoms in total. The largest absolute Gasteiger partial charge is 0.491 e. The summed E-state index contributed by atoms with van der Waals surface area (Å²) in [5, 5.41) is 4.64. The summed E-state index contributed by atoms with van der Waals surface area (Å²) in [5.41, 5.74) is 2.84. The smallest absolute Gasteiger partial charge is 0.243 e. The lowest BCUT2D eigenvalue weighted by Gasteiger charge is -2.12. The Balaban J connectivity index is 1.71. The summed E-state index contributed by atoms with van der Waals surface area (Å²) in [4.78, 5) is 17.7. The lowest BCUT2D eigenvalue weighted by molar-refractivity contribution is -0.129. The highest BCUT2D eigenvalue weighted by Crippen LogP contribution is 2.29. The van der Waals surface area contributed by atoms with Crippen molar-refractivity contribution in [3.05, 3.63) is 63.9 Å². The first-order chi connectivity index (χ1) is 14.3. The van der Waals surface area contributed by atoms with E-state index in [2.05, 4.69) is 10.1 Å². The third kappa shape index (κ3) is 5.09. The SMILES string of the molecule is Cc1ncc(-c2cnn(CC(=O)N(C)C)c2)cc1OCCc1c(Cl)ccc(F)c1Cl. The van der Waals surface area contributed by atoms with E-state index in [0.29, 0.717) is 28.5 Å². The van der Waals surface area contributed by atoms with E-state index >= 15 is 0 Å². The Morgan fingerprint density at radius 3 is 2.73 bits per heavy atom. The van der Waals surface area contributed by atoms with Gasteiger partial charge in [0.15, 0.2) is 0 Å². The number of carbonyl (C=O) groups excluding carboxylic acids is 1. The summed E-state index contributed by atoms with van der Waals surface area (Å²) in [6, 6.07) is 4.56. The number of rotatable bonds is 7. The molecule has 0 aliphatic rings. The summed E-state index contributed by atoms with van der Waals surface area (Å²) in [7, 11) is 3.40. The Hall–Kier alpha value is -2.64. The molecule has 30 heavy (non-hydrogen) atoms. The molecule has 1 amide bonds. The number of aryl methyl sites for hydroxylation is 1. The first-order valence-electron chi connectivity index (χ1n) is 9.21. The normalized spacial score (nSPS) is 10.9. The number of ether oxygens (including phenoxy) is 1. The van der Waals surface area contributed by atoms with Crippen molar-refractivity contribution >= 4 is 29.1 Å². The Bertz CT molecular complexity index is 1070. The van der Waals surface area contributed by atoms with Gasteiger partial charge in [-0.1, -0.05) is 23.2 Å². The molecule has 0 N–H and O–H groups in total. The highest BCUT2D eigenvalue weighted by atomic mass is 35.5. The van der Waals surface area contributed by atoms with Gasteiger partial charge < -0.3 is 9.64 Å². The summed E-state index contributed by atoms with van der Waals surface area (Å²) >= 11 is 12.1. The third-order valence-electron chi connectivity index (χ3n) is 4.55. The molecule has 3 aromatic rings. The van der Waals surface area contributed by atoms with Gasteiger partial charge in [0.1, 0.15) is 18.1 Å². The zero-order valence-corrected chi connectivity index (χ0v) is 18.3. The maximum absolute atomic E-state index is 13.7. The molecule has 2 aromatic heterocycles. The first-order valence-corrected chi connectivity index (χ1v) is 9.96. The minimum absolute atomic E-state index is 0.00869. The quantitative estimate of drug-likeness (QED) is 0.500. The maximum atomic E-state index is 13.7. The van der Waals surface area contributed by atoms with Crippen molar-refractivity contribution in [1.29, 1.82) is 0 Å². The average Bonchev–Trinajstić information content (AvgIpc) is 3.17. The summed E-state index contributed by atoms with van der Waals surface area (Å²) < 4.78 is 21.1. The minimum Gasteiger partial charge on any atom is -0.491 e. The number of hydrogen-bond donors (Lipinski definition) is 0. The minimum atomic E-state index is -0.513. The van der Waals surface area contributed by atoms with Crippen LogP contribution in [0.2, 0.25) is 10.0 Å². The molecular formula is C21H21Cl2FN4O2. The Morgan fingerprint density at radius 1 is 1.23 bits per heavy atom. The van der Waals surface area contributed by atoms with E-state index in [-0.39, 0.29) is 24.1 Å². The molecule has 2 heterocycles. The van der Waals surface area contributed by atoms with E-state index in [0.717, 1.165) is 11.1 Å². The monoisotopic (exact) mass is 450 g/mol. The number of benzene rings is 1. The van der Waals surface area contributed by atoms with Crippen molar-refractivity contribution in [2.24, 2.45) is 0 Å². The number of nitrogens with zero attached hydrogens (tertiary/aromatic N) is 4. The van der Waals surface area contributed by atoms with Gasteiger partial charge in [0.2, 0.25) is 5.91 Å². The first kappa shape index (κ1) is 22.1. The molecule has 1 aromatic carbocycles. The third-order valence-corrected chi connectivity index (χ3v) is 5.31. The lowest BCUT2D eigenvalue weighted by atomic mass is 10.1. The number of amides is 1. The molecule has 9 heteroatoms. The van der Waals surface area contributed by atoms with Crippen LogP contribution < -0.4 is 4.74 Å². The summed E-state index contributed by atoms with van der Waals surface area (Å²) in [6.07, 6.45) is 5.52. The molecule has 0 spiro atoms. The molecule has 0 aliphatic carbocycles. The molecule has 0 bridgehead atoms. The van der Waals surface area contributed by atoms with Gasteiger partial charge in [-0.05, 0) is 30.7 Å². The molecule has 0 saturated carbocycles. The van der Waals surface area contributed by atoms with Crippen molar-refractivity contribution in [2.75, 3.05) is 20.7 Å². The van der Waals surface area contributed by atoms with E-state index in [1.165, 1.54) is 17.0 Å². The summed E-state index contributed by atoms with van der Waals surface area (Å²) in [5.74, 6) is 0.0271. The number of likely N-dealkylation sites (N-methyl/N-ethyl adjacent to an activating group) is 1. The van der Waals surface area contributed by atoms with Crippen LogP contribution in [0.15, 0.2) is 36.8 Å². The molecule has 0 fully saturated rings. The Kier molecular flexibility index (Phi) is 6.95. The average molecular weight is 451 g/mol. The second-order valence-corrected chi connectivity index (χ2v) is 7.73. The van der Waals surface area contributed by atoms with E-state index < -0.39 is 5.82 Å². The van der Waals surface area contributed by atoms with Crippen LogP contribution in [0.3, 0.4) is 0 Å². The topological polar surface area (TPSA) is 60.2 Å². The van der Waals surface area contributed by atoms with Crippen molar-refractivity contribution in [3.8, 4) is 16.9 Å². The predicted molar refractivity (Wildman–Crippen MR) is 115 cm³/mol. The van der Waals surface area contributed by atoms with Crippen LogP contribution in [0, 0.1) is 12.7 Å². The highest BCUT2D eigenvalue weighted by Gasteiger charge is 2.13. The molecule has 0 aliphatic heterocycles. The van der Waals surface area contributed by atoms with E-state index in [4.69, 9.17) is 27.9 Å². The van der Waals surface area contributed by atoms with E-state index in [1.807, 2.05) is 13.0 Å². The van der Waals surface area contributed by atoms with Crippen LogP contribution in [-0.2, 0) is 17.8 Å². The van der Waals surface area contributed by atoms with Crippen LogP contribution in [0.1, 0.15) is 11.3 Å². The van der Waals surface area contributed by atoms with Crippen molar-refractivity contribution in [3.63, 3.8) is 0 Å². The number of carbonyl (C=O) groups is 1. The molecule has 0 radical (unpaired) electrons. The van der Waals surface area contributed by atoms with Crippen molar-refractivity contribution in [1.82, 2.24) is 19.7 Å². The fourth-order valence-electron chi connectivity index (χ4n) is 2.76. The van der Waals surface area contributed by atoms with Gasteiger partial charge in [0.05, 0.1) is 23.5 Å².